The van der Waals surface area contributed by atoms with E-state index >= 15 is 0 Å². The highest BCUT2D eigenvalue weighted by atomic mass is 16.4. The highest BCUT2D eigenvalue weighted by molar-refractivity contribution is 5.78. The largest absolute Gasteiger partial charge is 0.481 e. The van der Waals surface area contributed by atoms with Gasteiger partial charge in [-0.15, -0.1) is 0 Å². The van der Waals surface area contributed by atoms with Gasteiger partial charge in [-0.05, 0) is 31.4 Å². The van der Waals surface area contributed by atoms with Crippen molar-refractivity contribution >= 4 is 11.9 Å². The number of carbonyl (C=O) groups is 2. The molecule has 1 amide bonds. The fourth-order valence-corrected chi connectivity index (χ4v) is 3.14. The second-order valence-electron chi connectivity index (χ2n) is 6.73. The molecule has 1 N–H and O–H groups in total. The summed E-state index contributed by atoms with van der Waals surface area (Å²) in [6, 6.07) is 4.19. The van der Waals surface area contributed by atoms with Crippen LogP contribution in [-0.4, -0.2) is 33.0 Å². The predicted octanol–water partition coefficient (Wildman–Crippen LogP) is 2.59. The van der Waals surface area contributed by atoms with Gasteiger partial charge in [-0.3, -0.25) is 9.59 Å². The van der Waals surface area contributed by atoms with Crippen molar-refractivity contribution in [3.63, 3.8) is 0 Å². The van der Waals surface area contributed by atoms with Gasteiger partial charge in [-0.2, -0.15) is 0 Å². The SMILES string of the molecule is Cc1ccc2n1CCN(C(=O)CC(C)(C)CC(=O)O)C2C. The number of fused-ring (bicyclic) bond motifs is 1. The molecule has 5 nitrogen and oxygen atoms in total. The third-order valence-electron chi connectivity index (χ3n) is 4.27. The van der Waals surface area contributed by atoms with Crippen LogP contribution in [0.25, 0.3) is 0 Å². The molecular formula is C16H24N2O3. The summed E-state index contributed by atoms with van der Waals surface area (Å²) in [5.74, 6) is -0.817. The number of carbonyl (C=O) groups excluding carboxylic acids is 1. The summed E-state index contributed by atoms with van der Waals surface area (Å²) in [4.78, 5) is 25.3. The molecule has 0 aromatic carbocycles. The number of nitrogens with zero attached hydrogens (tertiary/aromatic N) is 2. The minimum atomic E-state index is -0.857. The first kappa shape index (κ1) is 15.6. The molecule has 1 aromatic heterocycles. The Hall–Kier alpha value is -1.78. The third-order valence-corrected chi connectivity index (χ3v) is 4.27. The molecule has 1 unspecified atom stereocenters. The van der Waals surface area contributed by atoms with Crippen molar-refractivity contribution in [2.24, 2.45) is 5.41 Å². The Kier molecular flexibility index (Phi) is 4.12. The number of aryl methyl sites for hydroxylation is 1. The van der Waals surface area contributed by atoms with Crippen molar-refractivity contribution in [1.29, 1.82) is 0 Å². The van der Waals surface area contributed by atoms with Crippen LogP contribution in [0.2, 0.25) is 0 Å². The van der Waals surface area contributed by atoms with Crippen LogP contribution in [-0.2, 0) is 16.1 Å². The fourth-order valence-electron chi connectivity index (χ4n) is 3.14. The first-order chi connectivity index (χ1) is 9.71. The first-order valence-corrected chi connectivity index (χ1v) is 7.38. The highest BCUT2D eigenvalue weighted by Gasteiger charge is 2.32. The van der Waals surface area contributed by atoms with E-state index < -0.39 is 11.4 Å². The minimum Gasteiger partial charge on any atom is -0.481 e. The molecule has 1 aromatic rings. The molecule has 2 heterocycles. The number of carboxylic acids is 1. The molecule has 0 radical (unpaired) electrons. The van der Waals surface area contributed by atoms with Gasteiger partial charge in [0.25, 0.3) is 0 Å². The normalized spacial score (nSPS) is 18.5. The summed E-state index contributed by atoms with van der Waals surface area (Å²) in [5, 5.41) is 8.93. The Morgan fingerprint density at radius 3 is 2.57 bits per heavy atom. The number of hydrogen-bond donors (Lipinski definition) is 1. The number of rotatable bonds is 4. The van der Waals surface area contributed by atoms with E-state index in [1.54, 1.807) is 0 Å². The van der Waals surface area contributed by atoms with E-state index in [9.17, 15) is 9.59 Å². The molecule has 1 atom stereocenters. The number of hydrogen-bond acceptors (Lipinski definition) is 2. The second-order valence-corrected chi connectivity index (χ2v) is 6.73. The molecule has 0 saturated heterocycles. The summed E-state index contributed by atoms with van der Waals surface area (Å²) in [5.41, 5.74) is 1.86. The van der Waals surface area contributed by atoms with Crippen LogP contribution in [0.15, 0.2) is 12.1 Å². The molecule has 5 heteroatoms. The lowest BCUT2D eigenvalue weighted by Gasteiger charge is -2.37. The van der Waals surface area contributed by atoms with Gasteiger partial charge >= 0.3 is 5.97 Å². The quantitative estimate of drug-likeness (QED) is 0.927. The summed E-state index contributed by atoms with van der Waals surface area (Å²) in [6.45, 7) is 9.27. The molecule has 116 valence electrons. The maximum atomic E-state index is 12.5. The highest BCUT2D eigenvalue weighted by Crippen LogP contribution is 2.31. The monoisotopic (exact) mass is 292 g/mol. The maximum Gasteiger partial charge on any atom is 0.303 e. The van der Waals surface area contributed by atoms with Gasteiger partial charge in [-0.25, -0.2) is 0 Å². The third kappa shape index (κ3) is 3.28. The molecule has 21 heavy (non-hydrogen) atoms. The van der Waals surface area contributed by atoms with Gasteiger partial charge in [0.2, 0.25) is 5.91 Å². The Balaban J connectivity index is 2.09. The van der Waals surface area contributed by atoms with E-state index in [1.165, 1.54) is 5.69 Å². The van der Waals surface area contributed by atoms with Crippen molar-refractivity contribution in [2.75, 3.05) is 6.54 Å². The standard InChI is InChI=1S/C16H24N2O3/c1-11-5-6-13-12(2)18(8-7-17(11)13)14(19)9-16(3,4)10-15(20)21/h5-6,12H,7-10H2,1-4H3,(H,20,21). The summed E-state index contributed by atoms with van der Waals surface area (Å²) < 4.78 is 2.25. The Labute approximate surface area is 125 Å². The molecule has 1 aliphatic heterocycles. The Bertz CT molecular complexity index is 560. The summed E-state index contributed by atoms with van der Waals surface area (Å²) >= 11 is 0. The lowest BCUT2D eigenvalue weighted by Crippen LogP contribution is -2.42. The topological polar surface area (TPSA) is 62.5 Å². The molecule has 0 spiro atoms. The zero-order valence-electron chi connectivity index (χ0n) is 13.2. The lowest BCUT2D eigenvalue weighted by molar-refractivity contribution is -0.141. The summed E-state index contributed by atoms with van der Waals surface area (Å²) in [7, 11) is 0. The van der Waals surface area contributed by atoms with Crippen LogP contribution in [0.3, 0.4) is 0 Å². The minimum absolute atomic E-state index is 0.0104. The van der Waals surface area contributed by atoms with Crippen LogP contribution in [0.5, 0.6) is 0 Å². The number of aliphatic carboxylic acids is 1. The van der Waals surface area contributed by atoms with Crippen LogP contribution in [0.1, 0.15) is 51.0 Å². The fraction of sp³-hybridized carbons (Fsp3) is 0.625. The average molecular weight is 292 g/mol. The number of aromatic nitrogens is 1. The van der Waals surface area contributed by atoms with E-state index in [0.29, 0.717) is 6.54 Å². The molecule has 1 aliphatic rings. The smallest absolute Gasteiger partial charge is 0.303 e. The van der Waals surface area contributed by atoms with E-state index in [2.05, 4.69) is 23.6 Å². The van der Waals surface area contributed by atoms with Gasteiger partial charge in [0.1, 0.15) is 0 Å². The van der Waals surface area contributed by atoms with Gasteiger partial charge in [0, 0.05) is 30.9 Å². The van der Waals surface area contributed by atoms with Crippen LogP contribution in [0, 0.1) is 12.3 Å². The summed E-state index contributed by atoms with van der Waals surface area (Å²) in [6.07, 6.45) is 0.278. The van der Waals surface area contributed by atoms with Crippen molar-refractivity contribution in [1.82, 2.24) is 9.47 Å². The Morgan fingerprint density at radius 2 is 1.95 bits per heavy atom. The first-order valence-electron chi connectivity index (χ1n) is 7.38. The van der Waals surface area contributed by atoms with E-state index in [0.717, 1.165) is 12.2 Å². The van der Waals surface area contributed by atoms with Gasteiger partial charge in [0.15, 0.2) is 0 Å². The molecule has 2 rings (SSSR count). The lowest BCUT2D eigenvalue weighted by atomic mass is 9.85. The number of amides is 1. The van der Waals surface area contributed by atoms with Crippen molar-refractivity contribution in [3.8, 4) is 0 Å². The van der Waals surface area contributed by atoms with Gasteiger partial charge in [-0.1, -0.05) is 13.8 Å². The molecule has 0 bridgehead atoms. The van der Waals surface area contributed by atoms with E-state index in [4.69, 9.17) is 5.11 Å². The van der Waals surface area contributed by atoms with Crippen LogP contribution >= 0.6 is 0 Å². The van der Waals surface area contributed by atoms with Crippen LogP contribution in [0.4, 0.5) is 0 Å². The van der Waals surface area contributed by atoms with Gasteiger partial charge < -0.3 is 14.6 Å². The zero-order valence-corrected chi connectivity index (χ0v) is 13.2. The Morgan fingerprint density at radius 1 is 1.29 bits per heavy atom. The average Bonchev–Trinajstić information content (AvgIpc) is 2.70. The molecule has 0 fully saturated rings. The zero-order chi connectivity index (χ0) is 15.8. The van der Waals surface area contributed by atoms with E-state index in [-0.39, 0.29) is 24.8 Å². The van der Waals surface area contributed by atoms with Crippen molar-refractivity contribution in [3.05, 3.63) is 23.5 Å². The van der Waals surface area contributed by atoms with Crippen LogP contribution < -0.4 is 0 Å². The molecule has 0 saturated carbocycles. The number of carboxylic acid groups (broad SMARTS) is 1. The van der Waals surface area contributed by atoms with E-state index in [1.807, 2.05) is 25.7 Å². The molecular weight excluding hydrogens is 268 g/mol. The predicted molar refractivity (Wildman–Crippen MR) is 79.9 cm³/mol. The van der Waals surface area contributed by atoms with Gasteiger partial charge in [0.05, 0.1) is 12.5 Å². The molecule has 0 aliphatic carbocycles. The van der Waals surface area contributed by atoms with Crippen molar-refractivity contribution in [2.45, 2.75) is 53.1 Å². The van der Waals surface area contributed by atoms with Crippen molar-refractivity contribution < 1.29 is 14.7 Å². The second kappa shape index (κ2) is 5.54. The maximum absolute atomic E-state index is 12.5.